The minimum atomic E-state index is -0.361. The van der Waals surface area contributed by atoms with Crippen molar-refractivity contribution < 1.29 is 4.79 Å². The Bertz CT molecular complexity index is 1060. The van der Waals surface area contributed by atoms with Gasteiger partial charge in [-0.05, 0) is 55.8 Å². The van der Waals surface area contributed by atoms with Crippen LogP contribution in [0.25, 0.3) is 0 Å². The fourth-order valence-electron chi connectivity index (χ4n) is 2.47. The number of nitriles is 1. The van der Waals surface area contributed by atoms with Crippen molar-refractivity contribution in [2.75, 3.05) is 10.6 Å². The molecule has 0 saturated heterocycles. The van der Waals surface area contributed by atoms with Crippen LogP contribution in [0.1, 0.15) is 27.3 Å². The second-order valence-corrected chi connectivity index (χ2v) is 6.31. The Morgan fingerprint density at radius 3 is 2.67 bits per heavy atom. The molecule has 134 valence electrons. The van der Waals surface area contributed by atoms with Gasteiger partial charge in [-0.15, -0.1) is 0 Å². The van der Waals surface area contributed by atoms with E-state index in [9.17, 15) is 4.79 Å². The van der Waals surface area contributed by atoms with Crippen LogP contribution in [-0.2, 0) is 0 Å². The van der Waals surface area contributed by atoms with Gasteiger partial charge in [-0.1, -0.05) is 23.7 Å². The normalized spacial score (nSPS) is 10.1. The average Bonchev–Trinajstić information content (AvgIpc) is 2.65. The molecular weight excluding hydrogens is 362 g/mol. The summed E-state index contributed by atoms with van der Waals surface area (Å²) in [5.41, 5.74) is 3.45. The van der Waals surface area contributed by atoms with E-state index in [1.807, 2.05) is 6.92 Å². The summed E-state index contributed by atoms with van der Waals surface area (Å²) in [6, 6.07) is 15.9. The molecule has 2 N–H and O–H groups in total. The molecule has 7 heteroatoms. The van der Waals surface area contributed by atoms with E-state index in [2.05, 4.69) is 26.7 Å². The van der Waals surface area contributed by atoms with Crippen molar-refractivity contribution >= 4 is 34.8 Å². The van der Waals surface area contributed by atoms with E-state index < -0.39 is 0 Å². The minimum absolute atomic E-state index is 0.223. The molecule has 0 fully saturated rings. The highest BCUT2D eigenvalue weighted by molar-refractivity contribution is 6.31. The van der Waals surface area contributed by atoms with Crippen molar-refractivity contribution in [3.63, 3.8) is 0 Å². The van der Waals surface area contributed by atoms with E-state index in [4.69, 9.17) is 16.9 Å². The number of carbonyl (C=O) groups excluding carboxylic acids is 1. The van der Waals surface area contributed by atoms with Gasteiger partial charge in [0, 0.05) is 22.1 Å². The van der Waals surface area contributed by atoms with Gasteiger partial charge in [0.2, 0.25) is 5.95 Å². The molecule has 0 aliphatic carbocycles. The molecular formula is C20H16ClN5O. The zero-order chi connectivity index (χ0) is 19.4. The maximum absolute atomic E-state index is 12.6. The van der Waals surface area contributed by atoms with Gasteiger partial charge in [-0.3, -0.25) is 4.79 Å². The Hall–Kier alpha value is -3.43. The van der Waals surface area contributed by atoms with E-state index in [1.165, 1.54) is 0 Å². The lowest BCUT2D eigenvalue weighted by Gasteiger charge is -2.11. The van der Waals surface area contributed by atoms with Gasteiger partial charge in [-0.25, -0.2) is 9.97 Å². The molecule has 0 bridgehead atoms. The molecule has 3 aromatic rings. The second kappa shape index (κ2) is 7.85. The van der Waals surface area contributed by atoms with E-state index in [0.29, 0.717) is 27.7 Å². The topological polar surface area (TPSA) is 90.7 Å². The SMILES string of the molecule is Cc1cc(C(=O)Nc2cccc(Cl)c2C)nc(Nc2cccc(C#N)c2)n1. The highest BCUT2D eigenvalue weighted by Crippen LogP contribution is 2.23. The van der Waals surface area contributed by atoms with Crippen LogP contribution in [0.5, 0.6) is 0 Å². The molecule has 0 atom stereocenters. The van der Waals surface area contributed by atoms with Crippen LogP contribution in [0.3, 0.4) is 0 Å². The Labute approximate surface area is 161 Å². The largest absolute Gasteiger partial charge is 0.324 e. The number of benzene rings is 2. The summed E-state index contributed by atoms with van der Waals surface area (Å²) in [5, 5.41) is 15.4. The molecule has 0 unspecified atom stereocenters. The average molecular weight is 378 g/mol. The molecule has 1 amide bonds. The molecule has 0 spiro atoms. The number of anilines is 3. The summed E-state index contributed by atoms with van der Waals surface area (Å²) in [6.45, 7) is 3.61. The van der Waals surface area contributed by atoms with Crippen LogP contribution in [-0.4, -0.2) is 15.9 Å². The molecule has 3 rings (SSSR count). The Kier molecular flexibility index (Phi) is 5.34. The van der Waals surface area contributed by atoms with E-state index in [1.54, 1.807) is 55.5 Å². The van der Waals surface area contributed by atoms with Crippen LogP contribution in [0.4, 0.5) is 17.3 Å². The monoisotopic (exact) mass is 377 g/mol. The van der Waals surface area contributed by atoms with Crippen molar-refractivity contribution in [2.24, 2.45) is 0 Å². The van der Waals surface area contributed by atoms with Gasteiger partial charge in [-0.2, -0.15) is 5.26 Å². The number of nitrogens with one attached hydrogen (secondary N) is 2. The first-order chi connectivity index (χ1) is 13.0. The van der Waals surface area contributed by atoms with Crippen molar-refractivity contribution in [3.8, 4) is 6.07 Å². The fraction of sp³-hybridized carbons (Fsp3) is 0.100. The predicted octanol–water partition coefficient (Wildman–Crippen LogP) is 4.61. The molecule has 0 saturated carbocycles. The van der Waals surface area contributed by atoms with Crippen molar-refractivity contribution in [1.29, 1.82) is 5.26 Å². The third-order valence-electron chi connectivity index (χ3n) is 3.85. The lowest BCUT2D eigenvalue weighted by molar-refractivity contribution is 0.102. The zero-order valence-electron chi connectivity index (χ0n) is 14.7. The number of nitrogens with zero attached hydrogens (tertiary/aromatic N) is 3. The molecule has 0 aliphatic heterocycles. The minimum Gasteiger partial charge on any atom is -0.324 e. The maximum atomic E-state index is 12.6. The third-order valence-corrected chi connectivity index (χ3v) is 4.26. The van der Waals surface area contributed by atoms with Gasteiger partial charge in [0.25, 0.3) is 5.91 Å². The van der Waals surface area contributed by atoms with Crippen molar-refractivity contribution in [3.05, 3.63) is 76.1 Å². The summed E-state index contributed by atoms with van der Waals surface area (Å²) in [6.07, 6.45) is 0. The van der Waals surface area contributed by atoms with E-state index >= 15 is 0 Å². The maximum Gasteiger partial charge on any atom is 0.274 e. The van der Waals surface area contributed by atoms with Gasteiger partial charge in [0.15, 0.2) is 0 Å². The lowest BCUT2D eigenvalue weighted by Crippen LogP contribution is -2.16. The van der Waals surface area contributed by atoms with Gasteiger partial charge in [0.05, 0.1) is 11.6 Å². The molecule has 1 aromatic heterocycles. The first-order valence-corrected chi connectivity index (χ1v) is 8.53. The van der Waals surface area contributed by atoms with Gasteiger partial charge < -0.3 is 10.6 Å². The zero-order valence-corrected chi connectivity index (χ0v) is 15.5. The number of rotatable bonds is 4. The number of amides is 1. The number of halogens is 1. The summed E-state index contributed by atoms with van der Waals surface area (Å²) < 4.78 is 0. The number of carbonyl (C=O) groups is 1. The van der Waals surface area contributed by atoms with Gasteiger partial charge >= 0.3 is 0 Å². The number of hydrogen-bond donors (Lipinski definition) is 2. The summed E-state index contributed by atoms with van der Waals surface area (Å²) in [4.78, 5) is 21.2. The van der Waals surface area contributed by atoms with Crippen LogP contribution < -0.4 is 10.6 Å². The van der Waals surface area contributed by atoms with Crippen molar-refractivity contribution in [2.45, 2.75) is 13.8 Å². The number of hydrogen-bond acceptors (Lipinski definition) is 5. The van der Waals surface area contributed by atoms with Crippen LogP contribution in [0, 0.1) is 25.2 Å². The van der Waals surface area contributed by atoms with E-state index in [-0.39, 0.29) is 17.5 Å². The van der Waals surface area contributed by atoms with E-state index in [0.717, 1.165) is 5.56 Å². The van der Waals surface area contributed by atoms with Crippen LogP contribution in [0.15, 0.2) is 48.5 Å². The second-order valence-electron chi connectivity index (χ2n) is 5.90. The Balaban J connectivity index is 1.85. The molecule has 1 heterocycles. The first-order valence-electron chi connectivity index (χ1n) is 8.15. The standard InChI is InChI=1S/C20H16ClN5O/c1-12-9-18(19(27)25-17-8-4-7-16(21)13(17)2)26-20(23-12)24-15-6-3-5-14(10-15)11-22/h3-10H,1-2H3,(H,25,27)(H,23,24,26). The van der Waals surface area contributed by atoms with Crippen LogP contribution in [0.2, 0.25) is 5.02 Å². The van der Waals surface area contributed by atoms with Gasteiger partial charge in [0.1, 0.15) is 5.69 Å². The first kappa shape index (κ1) is 18.4. The lowest BCUT2D eigenvalue weighted by atomic mass is 10.2. The quantitative estimate of drug-likeness (QED) is 0.692. The Morgan fingerprint density at radius 1 is 1.11 bits per heavy atom. The molecule has 27 heavy (non-hydrogen) atoms. The molecule has 0 aliphatic rings. The summed E-state index contributed by atoms with van der Waals surface area (Å²) >= 11 is 6.10. The Morgan fingerprint density at radius 2 is 1.89 bits per heavy atom. The number of aryl methyl sites for hydroxylation is 1. The highest BCUT2D eigenvalue weighted by atomic mass is 35.5. The smallest absolute Gasteiger partial charge is 0.274 e. The predicted molar refractivity (Wildman–Crippen MR) is 105 cm³/mol. The van der Waals surface area contributed by atoms with Crippen LogP contribution >= 0.6 is 11.6 Å². The fourth-order valence-corrected chi connectivity index (χ4v) is 2.64. The number of aromatic nitrogens is 2. The molecule has 2 aromatic carbocycles. The summed E-state index contributed by atoms with van der Waals surface area (Å²) in [5.74, 6) is -0.0854. The summed E-state index contributed by atoms with van der Waals surface area (Å²) in [7, 11) is 0. The molecule has 0 radical (unpaired) electrons. The highest BCUT2D eigenvalue weighted by Gasteiger charge is 2.13. The molecule has 6 nitrogen and oxygen atoms in total. The third kappa shape index (κ3) is 4.40. The van der Waals surface area contributed by atoms with Crippen molar-refractivity contribution in [1.82, 2.24) is 9.97 Å².